The maximum absolute atomic E-state index is 12.0. The average Bonchev–Trinajstić information content (AvgIpc) is 3.19. The van der Waals surface area contributed by atoms with Crippen molar-refractivity contribution in [2.24, 2.45) is 0 Å². The van der Waals surface area contributed by atoms with Crippen LogP contribution < -0.4 is 5.32 Å². The van der Waals surface area contributed by atoms with Crippen LogP contribution in [0.4, 0.5) is 0 Å². The number of carbonyl (C=O) groups is 2. The van der Waals surface area contributed by atoms with E-state index in [9.17, 15) is 9.59 Å². The first-order chi connectivity index (χ1) is 8.72. The van der Waals surface area contributed by atoms with Gasteiger partial charge in [0.15, 0.2) is 0 Å². The Kier molecular flexibility index (Phi) is 4.83. The summed E-state index contributed by atoms with van der Waals surface area (Å²) in [6.07, 6.45) is 3.13. The van der Waals surface area contributed by atoms with Crippen molar-refractivity contribution in [2.75, 3.05) is 25.6 Å². The summed E-state index contributed by atoms with van der Waals surface area (Å²) in [5, 5.41) is 2.93. The summed E-state index contributed by atoms with van der Waals surface area (Å²) in [7, 11) is 0. The number of hydrogen-bond acceptors (Lipinski definition) is 3. The van der Waals surface area contributed by atoms with Crippen molar-refractivity contribution in [2.45, 2.75) is 37.8 Å². The highest BCUT2D eigenvalue weighted by Gasteiger charge is 2.35. The number of rotatable bonds is 5. The van der Waals surface area contributed by atoms with Gasteiger partial charge in [-0.15, -0.1) is 11.6 Å². The molecule has 1 heterocycles. The standard InChI is InChI=1S/C12H19ClN2O3/c13-5-1-2-11(16)15-6-7-18-8-10(15)12(17)14-9-3-4-9/h9-10H,1-8H2,(H,14,17). The van der Waals surface area contributed by atoms with Gasteiger partial charge in [-0.25, -0.2) is 0 Å². The van der Waals surface area contributed by atoms with Crippen LogP contribution in [0.3, 0.4) is 0 Å². The fourth-order valence-corrected chi connectivity index (χ4v) is 2.14. The lowest BCUT2D eigenvalue weighted by atomic mass is 10.1. The summed E-state index contributed by atoms with van der Waals surface area (Å²) < 4.78 is 5.31. The van der Waals surface area contributed by atoms with Crippen LogP contribution >= 0.6 is 11.6 Å². The van der Waals surface area contributed by atoms with E-state index in [4.69, 9.17) is 16.3 Å². The number of ether oxygens (including phenoxy) is 1. The van der Waals surface area contributed by atoms with Crippen molar-refractivity contribution >= 4 is 23.4 Å². The van der Waals surface area contributed by atoms with Crippen molar-refractivity contribution in [1.29, 1.82) is 0 Å². The van der Waals surface area contributed by atoms with Crippen molar-refractivity contribution < 1.29 is 14.3 Å². The van der Waals surface area contributed by atoms with Gasteiger partial charge >= 0.3 is 0 Å². The van der Waals surface area contributed by atoms with Gasteiger partial charge in [0.2, 0.25) is 11.8 Å². The number of nitrogens with zero attached hydrogens (tertiary/aromatic N) is 1. The van der Waals surface area contributed by atoms with Crippen LogP contribution in [0.15, 0.2) is 0 Å². The maximum Gasteiger partial charge on any atom is 0.245 e. The minimum absolute atomic E-state index is 0.00473. The lowest BCUT2D eigenvalue weighted by Crippen LogP contribution is -2.56. The number of morpholine rings is 1. The van der Waals surface area contributed by atoms with E-state index in [-0.39, 0.29) is 11.8 Å². The molecule has 1 atom stereocenters. The monoisotopic (exact) mass is 274 g/mol. The lowest BCUT2D eigenvalue weighted by molar-refractivity contribution is -0.148. The van der Waals surface area contributed by atoms with Gasteiger partial charge in [0.05, 0.1) is 13.2 Å². The summed E-state index contributed by atoms with van der Waals surface area (Å²) in [5.41, 5.74) is 0. The summed E-state index contributed by atoms with van der Waals surface area (Å²) in [4.78, 5) is 25.7. The van der Waals surface area contributed by atoms with Crippen LogP contribution in [0.1, 0.15) is 25.7 Å². The zero-order valence-corrected chi connectivity index (χ0v) is 11.1. The molecule has 0 bridgehead atoms. The summed E-state index contributed by atoms with van der Waals surface area (Å²) in [6, 6.07) is -0.165. The normalized spacial score (nSPS) is 23.8. The zero-order valence-electron chi connectivity index (χ0n) is 10.4. The molecule has 1 saturated carbocycles. The summed E-state index contributed by atoms with van der Waals surface area (Å²) in [6.45, 7) is 1.29. The average molecular weight is 275 g/mol. The third-order valence-corrected chi connectivity index (χ3v) is 3.47. The van der Waals surface area contributed by atoms with Crippen LogP contribution in [-0.2, 0) is 14.3 Å². The number of amides is 2. The molecule has 2 aliphatic rings. The Hall–Kier alpha value is -0.810. The Bertz CT molecular complexity index is 320. The van der Waals surface area contributed by atoms with E-state index in [0.717, 1.165) is 12.8 Å². The van der Waals surface area contributed by atoms with Crippen molar-refractivity contribution in [3.05, 3.63) is 0 Å². The van der Waals surface area contributed by atoms with E-state index in [2.05, 4.69) is 5.32 Å². The second-order valence-corrected chi connectivity index (χ2v) is 5.13. The van der Waals surface area contributed by atoms with Crippen LogP contribution in [0.25, 0.3) is 0 Å². The molecule has 102 valence electrons. The van der Waals surface area contributed by atoms with Crippen LogP contribution in [-0.4, -0.2) is 54.4 Å². The highest BCUT2D eigenvalue weighted by molar-refractivity contribution is 6.17. The van der Waals surface area contributed by atoms with Gasteiger partial charge in [-0.3, -0.25) is 9.59 Å². The number of alkyl halides is 1. The van der Waals surface area contributed by atoms with E-state index in [0.29, 0.717) is 44.5 Å². The molecule has 2 fully saturated rings. The molecule has 0 aromatic rings. The highest BCUT2D eigenvalue weighted by atomic mass is 35.5. The molecule has 18 heavy (non-hydrogen) atoms. The van der Waals surface area contributed by atoms with Gasteiger partial charge in [-0.1, -0.05) is 0 Å². The molecule has 6 heteroatoms. The van der Waals surface area contributed by atoms with E-state index in [1.807, 2.05) is 0 Å². The predicted molar refractivity (Wildman–Crippen MR) is 67.4 cm³/mol. The fraction of sp³-hybridized carbons (Fsp3) is 0.833. The predicted octanol–water partition coefficient (Wildman–Crippen LogP) is 0.511. The van der Waals surface area contributed by atoms with Gasteiger partial charge in [0, 0.05) is 24.9 Å². The molecule has 0 aromatic heterocycles. The molecule has 2 rings (SSSR count). The van der Waals surface area contributed by atoms with E-state index < -0.39 is 6.04 Å². The molecular formula is C12H19ClN2O3. The van der Waals surface area contributed by atoms with Gasteiger partial charge < -0.3 is 15.0 Å². The molecule has 1 unspecified atom stereocenters. The Morgan fingerprint density at radius 1 is 1.39 bits per heavy atom. The molecule has 1 aliphatic carbocycles. The van der Waals surface area contributed by atoms with Crippen molar-refractivity contribution in [3.63, 3.8) is 0 Å². The highest BCUT2D eigenvalue weighted by Crippen LogP contribution is 2.20. The number of halogens is 1. The number of nitrogens with one attached hydrogen (secondary N) is 1. The molecule has 1 N–H and O–H groups in total. The molecule has 5 nitrogen and oxygen atoms in total. The third kappa shape index (κ3) is 3.59. The van der Waals surface area contributed by atoms with E-state index in [1.165, 1.54) is 0 Å². The Morgan fingerprint density at radius 2 is 2.17 bits per heavy atom. The molecule has 0 aromatic carbocycles. The lowest BCUT2D eigenvalue weighted by Gasteiger charge is -2.34. The minimum atomic E-state index is -0.470. The van der Waals surface area contributed by atoms with E-state index >= 15 is 0 Å². The Labute approximate surface area is 112 Å². The van der Waals surface area contributed by atoms with Crippen molar-refractivity contribution in [1.82, 2.24) is 10.2 Å². The zero-order chi connectivity index (χ0) is 13.0. The summed E-state index contributed by atoms with van der Waals surface area (Å²) >= 11 is 5.59. The first kappa shape index (κ1) is 13.6. The molecule has 1 saturated heterocycles. The van der Waals surface area contributed by atoms with Crippen LogP contribution in [0.5, 0.6) is 0 Å². The molecular weight excluding hydrogens is 256 g/mol. The second-order valence-electron chi connectivity index (χ2n) is 4.75. The SMILES string of the molecule is O=C(NC1CC1)C1COCCN1C(=O)CCCCl. The Balaban J connectivity index is 1.91. The fourth-order valence-electron chi connectivity index (χ4n) is 2.01. The van der Waals surface area contributed by atoms with Gasteiger partial charge in [0.1, 0.15) is 6.04 Å². The first-order valence-electron chi connectivity index (χ1n) is 6.46. The molecule has 2 amide bonds. The number of carbonyl (C=O) groups excluding carboxylic acids is 2. The second kappa shape index (κ2) is 6.38. The molecule has 0 radical (unpaired) electrons. The number of hydrogen-bond donors (Lipinski definition) is 1. The maximum atomic E-state index is 12.0. The molecule has 0 spiro atoms. The van der Waals surface area contributed by atoms with Crippen molar-refractivity contribution in [3.8, 4) is 0 Å². The largest absolute Gasteiger partial charge is 0.377 e. The quantitative estimate of drug-likeness (QED) is 0.743. The van der Waals surface area contributed by atoms with E-state index in [1.54, 1.807) is 4.90 Å². The van der Waals surface area contributed by atoms with Gasteiger partial charge in [-0.05, 0) is 19.3 Å². The molecule has 1 aliphatic heterocycles. The van der Waals surface area contributed by atoms with Crippen LogP contribution in [0, 0.1) is 0 Å². The topological polar surface area (TPSA) is 58.6 Å². The van der Waals surface area contributed by atoms with Gasteiger partial charge in [0.25, 0.3) is 0 Å². The first-order valence-corrected chi connectivity index (χ1v) is 6.99. The third-order valence-electron chi connectivity index (χ3n) is 3.20. The minimum Gasteiger partial charge on any atom is -0.377 e. The smallest absolute Gasteiger partial charge is 0.245 e. The van der Waals surface area contributed by atoms with Crippen LogP contribution in [0.2, 0.25) is 0 Å². The van der Waals surface area contributed by atoms with Gasteiger partial charge in [-0.2, -0.15) is 0 Å². The Morgan fingerprint density at radius 3 is 2.83 bits per heavy atom. The summed E-state index contributed by atoms with van der Waals surface area (Å²) in [5.74, 6) is 0.376.